The summed E-state index contributed by atoms with van der Waals surface area (Å²) in [5, 5.41) is 3.39. The van der Waals surface area contributed by atoms with E-state index in [0.717, 1.165) is 18.4 Å². The Morgan fingerprint density at radius 1 is 1.32 bits per heavy atom. The molecular formula is C15H19FN2O. The second-order valence-electron chi connectivity index (χ2n) is 5.56. The number of hydrogen-bond donors (Lipinski definition) is 1. The Bertz CT molecular complexity index is 499. The van der Waals surface area contributed by atoms with Crippen molar-refractivity contribution in [1.29, 1.82) is 0 Å². The third-order valence-corrected chi connectivity index (χ3v) is 3.91. The molecule has 0 spiro atoms. The first kappa shape index (κ1) is 12.6. The normalized spacial score (nSPS) is 23.8. The molecule has 1 saturated carbocycles. The van der Waals surface area contributed by atoms with Crippen LogP contribution in [-0.4, -0.2) is 24.5 Å². The monoisotopic (exact) mass is 262 g/mol. The molecule has 102 valence electrons. The van der Waals surface area contributed by atoms with Gasteiger partial charge in [0.15, 0.2) is 0 Å². The summed E-state index contributed by atoms with van der Waals surface area (Å²) in [7, 11) is 0. The van der Waals surface area contributed by atoms with Crippen molar-refractivity contribution < 1.29 is 9.18 Å². The van der Waals surface area contributed by atoms with Crippen LogP contribution in [0.5, 0.6) is 0 Å². The van der Waals surface area contributed by atoms with Gasteiger partial charge >= 0.3 is 0 Å². The number of anilines is 1. The summed E-state index contributed by atoms with van der Waals surface area (Å²) in [6.07, 6.45) is 4.19. The highest BCUT2D eigenvalue weighted by molar-refractivity contribution is 5.98. The molecule has 2 fully saturated rings. The van der Waals surface area contributed by atoms with Crippen molar-refractivity contribution in [3.8, 4) is 0 Å². The molecule has 1 amide bonds. The fraction of sp³-hybridized carbons (Fsp3) is 0.533. The van der Waals surface area contributed by atoms with Crippen LogP contribution in [0.25, 0.3) is 0 Å². The van der Waals surface area contributed by atoms with Crippen LogP contribution in [0.3, 0.4) is 0 Å². The quantitative estimate of drug-likeness (QED) is 0.907. The SMILES string of the molecule is Cc1ccc(F)cc1N1CCCC(NC2CC2)C1=O. The van der Waals surface area contributed by atoms with Gasteiger partial charge in [0, 0.05) is 18.3 Å². The summed E-state index contributed by atoms with van der Waals surface area (Å²) in [6.45, 7) is 2.60. The highest BCUT2D eigenvalue weighted by Crippen LogP contribution is 2.27. The first-order valence-electron chi connectivity index (χ1n) is 6.99. The number of amides is 1. The van der Waals surface area contributed by atoms with Crippen molar-refractivity contribution in [1.82, 2.24) is 5.32 Å². The van der Waals surface area contributed by atoms with Crippen LogP contribution in [0.4, 0.5) is 10.1 Å². The molecule has 1 aromatic rings. The molecule has 1 saturated heterocycles. The Balaban J connectivity index is 1.82. The number of nitrogens with one attached hydrogen (secondary N) is 1. The number of rotatable bonds is 3. The van der Waals surface area contributed by atoms with E-state index >= 15 is 0 Å². The topological polar surface area (TPSA) is 32.3 Å². The van der Waals surface area contributed by atoms with E-state index in [2.05, 4.69) is 5.32 Å². The highest BCUT2D eigenvalue weighted by atomic mass is 19.1. The molecule has 4 heteroatoms. The molecule has 1 N–H and O–H groups in total. The van der Waals surface area contributed by atoms with Crippen LogP contribution in [0, 0.1) is 12.7 Å². The Hall–Kier alpha value is -1.42. The van der Waals surface area contributed by atoms with Crippen molar-refractivity contribution in [2.24, 2.45) is 0 Å². The lowest BCUT2D eigenvalue weighted by Gasteiger charge is -2.33. The molecule has 1 atom stereocenters. The van der Waals surface area contributed by atoms with Gasteiger partial charge in [-0.05, 0) is 50.3 Å². The summed E-state index contributed by atoms with van der Waals surface area (Å²) < 4.78 is 13.4. The van der Waals surface area contributed by atoms with Gasteiger partial charge in [0.25, 0.3) is 0 Å². The lowest BCUT2D eigenvalue weighted by Crippen LogP contribution is -2.51. The van der Waals surface area contributed by atoms with E-state index in [-0.39, 0.29) is 17.8 Å². The van der Waals surface area contributed by atoms with E-state index in [1.54, 1.807) is 11.0 Å². The minimum atomic E-state index is -0.286. The van der Waals surface area contributed by atoms with Crippen LogP contribution in [0.1, 0.15) is 31.2 Å². The van der Waals surface area contributed by atoms with E-state index < -0.39 is 0 Å². The summed E-state index contributed by atoms with van der Waals surface area (Å²) in [5.41, 5.74) is 1.66. The van der Waals surface area contributed by atoms with E-state index in [1.807, 2.05) is 6.92 Å². The molecule has 1 heterocycles. The molecule has 19 heavy (non-hydrogen) atoms. The highest BCUT2D eigenvalue weighted by Gasteiger charge is 2.34. The van der Waals surface area contributed by atoms with Gasteiger partial charge in [0.05, 0.1) is 6.04 Å². The zero-order chi connectivity index (χ0) is 13.4. The minimum absolute atomic E-state index is 0.0897. The van der Waals surface area contributed by atoms with Gasteiger partial charge in [-0.3, -0.25) is 4.79 Å². The molecule has 0 radical (unpaired) electrons. The number of aryl methyl sites for hydroxylation is 1. The van der Waals surface area contributed by atoms with Crippen molar-refractivity contribution in [3.63, 3.8) is 0 Å². The second-order valence-corrected chi connectivity index (χ2v) is 5.56. The molecule has 2 aliphatic rings. The maximum absolute atomic E-state index is 13.4. The summed E-state index contributed by atoms with van der Waals surface area (Å²) in [5.74, 6) is -0.197. The zero-order valence-corrected chi connectivity index (χ0v) is 11.2. The number of carbonyl (C=O) groups excluding carboxylic acids is 1. The van der Waals surface area contributed by atoms with E-state index in [9.17, 15) is 9.18 Å². The lowest BCUT2D eigenvalue weighted by molar-refractivity contribution is -0.121. The van der Waals surface area contributed by atoms with Gasteiger partial charge in [-0.2, -0.15) is 0 Å². The smallest absolute Gasteiger partial charge is 0.244 e. The molecule has 1 aromatic carbocycles. The van der Waals surface area contributed by atoms with Crippen molar-refractivity contribution in [3.05, 3.63) is 29.6 Å². The Labute approximate surface area is 112 Å². The van der Waals surface area contributed by atoms with E-state index in [1.165, 1.54) is 25.0 Å². The molecule has 3 nitrogen and oxygen atoms in total. The average Bonchev–Trinajstić information content (AvgIpc) is 3.19. The van der Waals surface area contributed by atoms with Crippen LogP contribution >= 0.6 is 0 Å². The number of benzene rings is 1. The maximum Gasteiger partial charge on any atom is 0.244 e. The van der Waals surface area contributed by atoms with Gasteiger partial charge < -0.3 is 10.2 Å². The summed E-state index contributed by atoms with van der Waals surface area (Å²) >= 11 is 0. The molecular weight excluding hydrogens is 243 g/mol. The fourth-order valence-electron chi connectivity index (χ4n) is 2.68. The second kappa shape index (κ2) is 4.93. The number of piperidine rings is 1. The van der Waals surface area contributed by atoms with Gasteiger partial charge in [0.1, 0.15) is 5.82 Å². The number of halogens is 1. The third-order valence-electron chi connectivity index (χ3n) is 3.91. The van der Waals surface area contributed by atoms with Crippen LogP contribution in [-0.2, 0) is 4.79 Å². The number of carbonyl (C=O) groups is 1. The Morgan fingerprint density at radius 2 is 2.11 bits per heavy atom. The Morgan fingerprint density at radius 3 is 2.84 bits per heavy atom. The summed E-state index contributed by atoms with van der Waals surface area (Å²) in [4.78, 5) is 14.2. The first-order valence-corrected chi connectivity index (χ1v) is 6.99. The Kier molecular flexibility index (Phi) is 3.27. The number of hydrogen-bond acceptors (Lipinski definition) is 2. The van der Waals surface area contributed by atoms with Crippen LogP contribution in [0.2, 0.25) is 0 Å². The predicted molar refractivity (Wildman–Crippen MR) is 72.7 cm³/mol. The molecule has 1 aliphatic heterocycles. The van der Waals surface area contributed by atoms with Crippen molar-refractivity contribution in [2.75, 3.05) is 11.4 Å². The standard InChI is InChI=1S/C15H19FN2O/c1-10-4-5-11(16)9-14(10)18-8-2-3-13(15(18)19)17-12-6-7-12/h4-5,9,12-13,17H,2-3,6-8H2,1H3. The molecule has 1 aliphatic carbocycles. The van der Waals surface area contributed by atoms with E-state index in [0.29, 0.717) is 18.3 Å². The van der Waals surface area contributed by atoms with Gasteiger partial charge in [-0.25, -0.2) is 4.39 Å². The largest absolute Gasteiger partial charge is 0.311 e. The maximum atomic E-state index is 13.4. The zero-order valence-electron chi connectivity index (χ0n) is 11.2. The van der Waals surface area contributed by atoms with Crippen molar-refractivity contribution >= 4 is 11.6 Å². The molecule has 3 rings (SSSR count). The summed E-state index contributed by atoms with van der Waals surface area (Å²) in [6, 6.07) is 5.06. The van der Waals surface area contributed by atoms with Gasteiger partial charge in [0.2, 0.25) is 5.91 Å². The van der Waals surface area contributed by atoms with Crippen LogP contribution < -0.4 is 10.2 Å². The minimum Gasteiger partial charge on any atom is -0.311 e. The first-order chi connectivity index (χ1) is 9.15. The molecule has 0 aromatic heterocycles. The van der Waals surface area contributed by atoms with Crippen LogP contribution in [0.15, 0.2) is 18.2 Å². The fourth-order valence-corrected chi connectivity index (χ4v) is 2.68. The predicted octanol–water partition coefficient (Wildman–Crippen LogP) is 2.38. The van der Waals surface area contributed by atoms with E-state index in [4.69, 9.17) is 0 Å². The average molecular weight is 262 g/mol. The lowest BCUT2D eigenvalue weighted by atomic mass is 10.0. The van der Waals surface area contributed by atoms with Gasteiger partial charge in [-0.1, -0.05) is 6.07 Å². The third kappa shape index (κ3) is 2.63. The van der Waals surface area contributed by atoms with Gasteiger partial charge in [-0.15, -0.1) is 0 Å². The number of nitrogens with zero attached hydrogens (tertiary/aromatic N) is 1. The molecule has 1 unspecified atom stereocenters. The molecule has 0 bridgehead atoms. The van der Waals surface area contributed by atoms with Crippen molar-refractivity contribution in [2.45, 2.75) is 44.7 Å².